The summed E-state index contributed by atoms with van der Waals surface area (Å²) in [6.07, 6.45) is 5.07. The fourth-order valence-corrected chi connectivity index (χ4v) is 3.89. The van der Waals surface area contributed by atoms with Crippen LogP contribution in [0.5, 0.6) is 0 Å². The first-order valence-electron chi connectivity index (χ1n) is 8.06. The van der Waals surface area contributed by atoms with E-state index in [0.29, 0.717) is 0 Å². The van der Waals surface area contributed by atoms with Gasteiger partial charge in [-0.2, -0.15) is 0 Å². The smallest absolute Gasteiger partial charge is 0.134 e. The van der Waals surface area contributed by atoms with Crippen molar-refractivity contribution in [1.82, 2.24) is 10.2 Å². The molecule has 1 aromatic carbocycles. The first-order chi connectivity index (χ1) is 10.2. The lowest BCUT2D eigenvalue weighted by molar-refractivity contribution is 0.0950. The van der Waals surface area contributed by atoms with Crippen LogP contribution in [0.25, 0.3) is 11.0 Å². The Morgan fingerprint density at radius 3 is 2.57 bits per heavy atom. The fraction of sp³-hybridized carbons (Fsp3) is 0.556. The number of nitrogens with one attached hydrogen (secondary N) is 1. The van der Waals surface area contributed by atoms with Crippen molar-refractivity contribution in [2.45, 2.75) is 44.2 Å². The second-order valence-electron chi connectivity index (χ2n) is 6.38. The summed E-state index contributed by atoms with van der Waals surface area (Å²) >= 11 is 0. The summed E-state index contributed by atoms with van der Waals surface area (Å²) in [5.74, 6) is 1.08. The lowest BCUT2D eigenvalue weighted by atomic mass is 9.85. The number of hydrogen-bond acceptors (Lipinski definition) is 3. The van der Waals surface area contributed by atoms with E-state index in [-0.39, 0.29) is 11.6 Å². The van der Waals surface area contributed by atoms with Crippen molar-refractivity contribution >= 4 is 11.0 Å². The Labute approximate surface area is 127 Å². The summed E-state index contributed by atoms with van der Waals surface area (Å²) in [6.45, 7) is 3.13. The molecular formula is C18H26N2O. The third kappa shape index (κ3) is 2.49. The van der Waals surface area contributed by atoms with Crippen LogP contribution in [0.1, 0.15) is 44.4 Å². The number of furan rings is 1. The standard InChI is InChI=1S/C18H26N2O/c1-4-19-17(18(20(2)3)11-7-8-12-18)16-13-14-9-5-6-10-15(14)21-16/h5-6,9-10,13,17,19H,4,7-8,11-12H2,1-3H3. The van der Waals surface area contributed by atoms with Gasteiger partial charge in [0.05, 0.1) is 6.04 Å². The molecule has 1 aromatic heterocycles. The normalized spacial score (nSPS) is 19.4. The van der Waals surface area contributed by atoms with Gasteiger partial charge in [-0.05, 0) is 45.6 Å². The van der Waals surface area contributed by atoms with Gasteiger partial charge < -0.3 is 14.6 Å². The maximum Gasteiger partial charge on any atom is 0.134 e. The molecule has 0 amide bonds. The van der Waals surface area contributed by atoms with Crippen molar-refractivity contribution in [2.24, 2.45) is 0 Å². The minimum absolute atomic E-state index is 0.171. The molecule has 2 aromatic rings. The van der Waals surface area contributed by atoms with Crippen LogP contribution in [0.2, 0.25) is 0 Å². The van der Waals surface area contributed by atoms with Crippen LogP contribution in [-0.4, -0.2) is 31.1 Å². The molecule has 1 aliphatic carbocycles. The molecule has 0 aliphatic heterocycles. The third-order valence-electron chi connectivity index (χ3n) is 5.03. The Kier molecular flexibility index (Phi) is 4.05. The second kappa shape index (κ2) is 5.82. The van der Waals surface area contributed by atoms with Crippen LogP contribution in [0, 0.1) is 0 Å². The fourth-order valence-electron chi connectivity index (χ4n) is 3.89. The molecule has 3 heteroatoms. The minimum atomic E-state index is 0.171. The number of hydrogen-bond donors (Lipinski definition) is 1. The predicted molar refractivity (Wildman–Crippen MR) is 87.5 cm³/mol. The topological polar surface area (TPSA) is 28.4 Å². The Morgan fingerprint density at radius 2 is 1.95 bits per heavy atom. The summed E-state index contributed by atoms with van der Waals surface area (Å²) in [5.41, 5.74) is 1.16. The molecular weight excluding hydrogens is 260 g/mol. The van der Waals surface area contributed by atoms with Crippen molar-refractivity contribution in [3.05, 3.63) is 36.1 Å². The molecule has 1 saturated carbocycles. The van der Waals surface area contributed by atoms with Gasteiger partial charge in [-0.15, -0.1) is 0 Å². The molecule has 0 radical (unpaired) electrons. The average molecular weight is 286 g/mol. The highest BCUT2D eigenvalue weighted by Crippen LogP contribution is 2.44. The van der Waals surface area contributed by atoms with E-state index in [9.17, 15) is 0 Å². The number of rotatable bonds is 5. The Bertz CT molecular complexity index is 563. The van der Waals surface area contributed by atoms with Gasteiger partial charge in [0.1, 0.15) is 11.3 Å². The lowest BCUT2D eigenvalue weighted by Gasteiger charge is -2.42. The van der Waals surface area contributed by atoms with Gasteiger partial charge in [0.15, 0.2) is 0 Å². The minimum Gasteiger partial charge on any atom is -0.459 e. The van der Waals surface area contributed by atoms with E-state index in [1.54, 1.807) is 0 Å². The molecule has 1 fully saturated rings. The van der Waals surface area contributed by atoms with Gasteiger partial charge in [-0.25, -0.2) is 0 Å². The highest BCUT2D eigenvalue weighted by atomic mass is 16.3. The van der Waals surface area contributed by atoms with Gasteiger partial charge in [0.25, 0.3) is 0 Å². The molecule has 114 valence electrons. The van der Waals surface area contributed by atoms with E-state index >= 15 is 0 Å². The Morgan fingerprint density at radius 1 is 1.24 bits per heavy atom. The van der Waals surface area contributed by atoms with E-state index in [1.807, 2.05) is 6.07 Å². The first-order valence-corrected chi connectivity index (χ1v) is 8.06. The maximum atomic E-state index is 6.18. The number of benzene rings is 1. The highest BCUT2D eigenvalue weighted by molar-refractivity contribution is 5.77. The summed E-state index contributed by atoms with van der Waals surface area (Å²) in [5, 5.41) is 4.89. The van der Waals surface area contributed by atoms with Gasteiger partial charge in [0, 0.05) is 10.9 Å². The van der Waals surface area contributed by atoms with E-state index in [2.05, 4.69) is 55.5 Å². The SMILES string of the molecule is CCNC(c1cc2ccccc2o1)C1(N(C)C)CCCC1. The summed E-state index contributed by atoms with van der Waals surface area (Å²) < 4.78 is 6.18. The monoisotopic (exact) mass is 286 g/mol. The number of fused-ring (bicyclic) bond motifs is 1. The van der Waals surface area contributed by atoms with Crippen molar-refractivity contribution in [1.29, 1.82) is 0 Å². The van der Waals surface area contributed by atoms with Gasteiger partial charge in [0.2, 0.25) is 0 Å². The highest BCUT2D eigenvalue weighted by Gasteiger charge is 2.45. The first kappa shape index (κ1) is 14.6. The van der Waals surface area contributed by atoms with E-state index < -0.39 is 0 Å². The van der Waals surface area contributed by atoms with Crippen molar-refractivity contribution in [2.75, 3.05) is 20.6 Å². The quantitative estimate of drug-likeness (QED) is 0.902. The molecule has 3 rings (SSSR count). The van der Waals surface area contributed by atoms with E-state index in [0.717, 1.165) is 17.9 Å². The second-order valence-corrected chi connectivity index (χ2v) is 6.38. The molecule has 3 nitrogen and oxygen atoms in total. The van der Waals surface area contributed by atoms with Crippen molar-refractivity contribution in [3.63, 3.8) is 0 Å². The van der Waals surface area contributed by atoms with E-state index in [1.165, 1.54) is 31.1 Å². The van der Waals surface area contributed by atoms with Crippen LogP contribution in [0.3, 0.4) is 0 Å². The summed E-state index contributed by atoms with van der Waals surface area (Å²) in [7, 11) is 4.41. The number of likely N-dealkylation sites (N-methyl/N-ethyl adjacent to an activating group) is 2. The Balaban J connectivity index is 2.04. The van der Waals surface area contributed by atoms with Crippen LogP contribution < -0.4 is 5.32 Å². The molecule has 0 bridgehead atoms. The van der Waals surface area contributed by atoms with Crippen LogP contribution in [0.4, 0.5) is 0 Å². The largest absolute Gasteiger partial charge is 0.459 e. The maximum absolute atomic E-state index is 6.18. The Hall–Kier alpha value is -1.32. The number of nitrogens with zero attached hydrogens (tertiary/aromatic N) is 1. The van der Waals surface area contributed by atoms with Crippen LogP contribution in [0.15, 0.2) is 34.7 Å². The zero-order chi connectivity index (χ0) is 14.9. The summed E-state index contributed by atoms with van der Waals surface area (Å²) in [4.78, 5) is 2.40. The predicted octanol–water partition coefficient (Wildman–Crippen LogP) is 3.96. The average Bonchev–Trinajstić information content (AvgIpc) is 3.12. The summed E-state index contributed by atoms with van der Waals surface area (Å²) in [6, 6.07) is 10.8. The molecule has 1 unspecified atom stereocenters. The van der Waals surface area contributed by atoms with Crippen molar-refractivity contribution in [3.8, 4) is 0 Å². The molecule has 21 heavy (non-hydrogen) atoms. The number of para-hydroxylation sites is 1. The van der Waals surface area contributed by atoms with Gasteiger partial charge in [-0.1, -0.05) is 38.0 Å². The van der Waals surface area contributed by atoms with Crippen LogP contribution in [-0.2, 0) is 0 Å². The zero-order valence-corrected chi connectivity index (χ0v) is 13.4. The van der Waals surface area contributed by atoms with Crippen LogP contribution >= 0.6 is 0 Å². The third-order valence-corrected chi connectivity index (χ3v) is 5.03. The van der Waals surface area contributed by atoms with Gasteiger partial charge >= 0.3 is 0 Å². The molecule has 1 N–H and O–H groups in total. The zero-order valence-electron chi connectivity index (χ0n) is 13.4. The molecule has 0 spiro atoms. The molecule has 1 atom stereocenters. The molecule has 1 heterocycles. The lowest BCUT2D eigenvalue weighted by Crippen LogP contribution is -2.51. The van der Waals surface area contributed by atoms with E-state index in [4.69, 9.17) is 4.42 Å². The molecule has 1 aliphatic rings. The van der Waals surface area contributed by atoms with Gasteiger partial charge in [-0.3, -0.25) is 0 Å². The van der Waals surface area contributed by atoms with Crippen molar-refractivity contribution < 1.29 is 4.42 Å². The molecule has 0 saturated heterocycles.